The van der Waals surface area contributed by atoms with Gasteiger partial charge >= 0.3 is 0 Å². The maximum absolute atomic E-state index is 11.1. The number of sulfonamides is 1. The summed E-state index contributed by atoms with van der Waals surface area (Å²) in [4.78, 5) is 4.52. The Morgan fingerprint density at radius 3 is 2.61 bits per heavy atom. The molecule has 8 heteroatoms. The zero-order valence-electron chi connectivity index (χ0n) is 17.7. The Morgan fingerprint density at radius 2 is 1.90 bits per heavy atom. The molecule has 1 saturated carbocycles. The molecule has 0 spiro atoms. The molecule has 1 aliphatic rings. The van der Waals surface area contributed by atoms with Crippen molar-refractivity contribution in [1.82, 2.24) is 15.0 Å². The molecule has 1 aromatic heterocycles. The van der Waals surface area contributed by atoms with E-state index < -0.39 is 10.0 Å². The fourth-order valence-corrected chi connectivity index (χ4v) is 5.03. The summed E-state index contributed by atoms with van der Waals surface area (Å²) >= 11 is 1.55. The van der Waals surface area contributed by atoms with Crippen molar-refractivity contribution in [3.05, 3.63) is 54.1 Å². The van der Waals surface area contributed by atoms with Gasteiger partial charge in [0, 0.05) is 12.6 Å². The van der Waals surface area contributed by atoms with Gasteiger partial charge in [-0.25, -0.2) is 18.1 Å². The number of benzene rings is 2. The van der Waals surface area contributed by atoms with E-state index in [4.69, 9.17) is 4.74 Å². The molecule has 1 atom stereocenters. The van der Waals surface area contributed by atoms with Crippen LogP contribution < -0.4 is 14.8 Å². The Labute approximate surface area is 188 Å². The quantitative estimate of drug-likeness (QED) is 0.394. The molecule has 1 aliphatic carbocycles. The van der Waals surface area contributed by atoms with Crippen LogP contribution in [-0.2, 0) is 16.4 Å². The second kappa shape index (κ2) is 10.1. The molecule has 166 valence electrons. The van der Waals surface area contributed by atoms with Gasteiger partial charge < -0.3 is 10.1 Å². The number of nitrogens with one attached hydrogen (secondary N) is 2. The first-order valence-electron chi connectivity index (χ1n) is 10.8. The third-order valence-electron chi connectivity index (χ3n) is 5.46. The molecule has 2 N–H and O–H groups in total. The van der Waals surface area contributed by atoms with Gasteiger partial charge in [0.05, 0.1) is 16.5 Å². The first kappa shape index (κ1) is 22.2. The van der Waals surface area contributed by atoms with Gasteiger partial charge in [0.2, 0.25) is 10.0 Å². The lowest BCUT2D eigenvalue weighted by molar-refractivity contribution is 0.431. The molecule has 3 aromatic rings. The van der Waals surface area contributed by atoms with Crippen LogP contribution in [0.15, 0.2) is 48.5 Å². The van der Waals surface area contributed by atoms with Gasteiger partial charge in [0.15, 0.2) is 0 Å². The Morgan fingerprint density at radius 1 is 1.13 bits per heavy atom. The van der Waals surface area contributed by atoms with Crippen LogP contribution in [0.2, 0.25) is 0 Å². The van der Waals surface area contributed by atoms with E-state index in [1.54, 1.807) is 11.3 Å². The molecule has 1 heterocycles. The van der Waals surface area contributed by atoms with Crippen molar-refractivity contribution in [3.8, 4) is 10.9 Å². The number of hydrogen-bond donors (Lipinski definition) is 2. The normalized spacial score (nSPS) is 15.3. The summed E-state index contributed by atoms with van der Waals surface area (Å²) in [7, 11) is -3.10. The van der Waals surface area contributed by atoms with Crippen molar-refractivity contribution < 1.29 is 13.2 Å². The number of nitrogens with zero attached hydrogens (tertiary/aromatic N) is 1. The summed E-state index contributed by atoms with van der Waals surface area (Å²) in [5.41, 5.74) is 2.26. The first-order valence-corrected chi connectivity index (χ1v) is 13.5. The fourth-order valence-electron chi connectivity index (χ4n) is 3.68. The molecule has 6 nitrogen and oxygen atoms in total. The highest BCUT2D eigenvalue weighted by molar-refractivity contribution is 7.88. The van der Waals surface area contributed by atoms with Crippen LogP contribution in [0.1, 0.15) is 31.2 Å². The van der Waals surface area contributed by atoms with Crippen LogP contribution in [-0.4, -0.2) is 38.8 Å². The number of aromatic nitrogens is 1. The largest absolute Gasteiger partial charge is 0.431 e. The minimum absolute atomic E-state index is 0.485. The first-order chi connectivity index (χ1) is 15.0. The molecule has 1 fully saturated rings. The molecule has 0 bridgehead atoms. The van der Waals surface area contributed by atoms with Crippen molar-refractivity contribution in [2.45, 2.75) is 38.1 Å². The number of thiazole rings is 1. The van der Waals surface area contributed by atoms with Gasteiger partial charge in [0.25, 0.3) is 5.19 Å². The molecule has 0 saturated heterocycles. The fraction of sp³-hybridized carbons (Fsp3) is 0.435. The van der Waals surface area contributed by atoms with Gasteiger partial charge in [-0.15, -0.1) is 0 Å². The van der Waals surface area contributed by atoms with Crippen LogP contribution in [0, 0.1) is 5.92 Å². The molecular weight excluding hydrogens is 430 g/mol. The SMILES string of the molecule is CS(=O)(=O)NCCCNC(CCc1ccc(Oc2nc3ccccc3s2)cc1)C1CC1. The van der Waals surface area contributed by atoms with E-state index in [0.29, 0.717) is 17.8 Å². The summed E-state index contributed by atoms with van der Waals surface area (Å²) in [6.45, 7) is 1.32. The third-order valence-corrected chi connectivity index (χ3v) is 7.11. The number of rotatable bonds is 12. The topological polar surface area (TPSA) is 80.3 Å². The zero-order chi connectivity index (χ0) is 21.7. The van der Waals surface area contributed by atoms with Crippen molar-refractivity contribution in [2.24, 2.45) is 5.92 Å². The Balaban J connectivity index is 1.24. The van der Waals surface area contributed by atoms with E-state index in [1.807, 2.05) is 30.3 Å². The lowest BCUT2D eigenvalue weighted by Gasteiger charge is -2.18. The highest BCUT2D eigenvalue weighted by Crippen LogP contribution is 2.35. The molecule has 0 aliphatic heterocycles. The molecule has 0 radical (unpaired) electrons. The monoisotopic (exact) mass is 459 g/mol. The Hall–Kier alpha value is -2.00. The minimum atomic E-state index is -3.10. The third kappa shape index (κ3) is 7.00. The molecule has 1 unspecified atom stereocenters. The number of hydrogen-bond acceptors (Lipinski definition) is 6. The highest BCUT2D eigenvalue weighted by atomic mass is 32.2. The van der Waals surface area contributed by atoms with Crippen LogP contribution in [0.25, 0.3) is 10.2 Å². The zero-order valence-corrected chi connectivity index (χ0v) is 19.3. The number of fused-ring (bicyclic) bond motifs is 1. The number of ether oxygens (including phenoxy) is 1. The lowest BCUT2D eigenvalue weighted by atomic mass is 10.0. The summed E-state index contributed by atoms with van der Waals surface area (Å²) in [6.07, 6.45) is 6.67. The molecule has 2 aromatic carbocycles. The van der Waals surface area contributed by atoms with Gasteiger partial charge in [-0.2, -0.15) is 0 Å². The Bertz CT molecular complexity index is 1060. The van der Waals surface area contributed by atoms with Gasteiger partial charge in [-0.05, 0) is 74.4 Å². The van der Waals surface area contributed by atoms with Crippen molar-refractivity contribution >= 4 is 31.6 Å². The van der Waals surface area contributed by atoms with Crippen molar-refractivity contribution in [1.29, 1.82) is 0 Å². The maximum atomic E-state index is 11.1. The van der Waals surface area contributed by atoms with Gasteiger partial charge in [-0.1, -0.05) is 35.6 Å². The maximum Gasteiger partial charge on any atom is 0.279 e. The summed E-state index contributed by atoms with van der Waals surface area (Å²) in [6, 6.07) is 16.8. The molecule has 31 heavy (non-hydrogen) atoms. The van der Waals surface area contributed by atoms with E-state index in [2.05, 4.69) is 33.2 Å². The van der Waals surface area contributed by atoms with E-state index in [0.717, 1.165) is 47.7 Å². The van der Waals surface area contributed by atoms with Gasteiger partial charge in [0.1, 0.15) is 5.75 Å². The molecular formula is C23H29N3O3S2. The summed E-state index contributed by atoms with van der Waals surface area (Å²) in [5, 5.41) is 4.29. The average molecular weight is 460 g/mol. The average Bonchev–Trinajstić information content (AvgIpc) is 3.49. The van der Waals surface area contributed by atoms with Crippen LogP contribution >= 0.6 is 11.3 Å². The highest BCUT2D eigenvalue weighted by Gasteiger charge is 2.30. The number of aryl methyl sites for hydroxylation is 1. The molecule has 0 amide bonds. The molecule has 4 rings (SSSR count). The summed E-state index contributed by atoms with van der Waals surface area (Å²) in [5.74, 6) is 1.56. The van der Waals surface area contributed by atoms with Gasteiger partial charge in [-0.3, -0.25) is 0 Å². The van der Waals surface area contributed by atoms with E-state index in [-0.39, 0.29) is 0 Å². The predicted molar refractivity (Wildman–Crippen MR) is 126 cm³/mol. The predicted octanol–water partition coefficient (Wildman–Crippen LogP) is 4.33. The van der Waals surface area contributed by atoms with Crippen LogP contribution in [0.3, 0.4) is 0 Å². The smallest absolute Gasteiger partial charge is 0.279 e. The van der Waals surface area contributed by atoms with Crippen molar-refractivity contribution in [2.75, 3.05) is 19.3 Å². The lowest BCUT2D eigenvalue weighted by Crippen LogP contribution is -2.34. The second-order valence-electron chi connectivity index (χ2n) is 8.15. The Kier molecular flexibility index (Phi) is 7.22. The van der Waals surface area contributed by atoms with E-state index >= 15 is 0 Å². The minimum Gasteiger partial charge on any atom is -0.431 e. The van der Waals surface area contributed by atoms with Crippen LogP contribution in [0.5, 0.6) is 10.9 Å². The summed E-state index contributed by atoms with van der Waals surface area (Å²) < 4.78 is 31.9. The van der Waals surface area contributed by atoms with Crippen molar-refractivity contribution in [3.63, 3.8) is 0 Å². The van der Waals surface area contributed by atoms with E-state index in [9.17, 15) is 8.42 Å². The number of para-hydroxylation sites is 1. The standard InChI is InChI=1S/C23H29N3O3S2/c1-31(27,28)25-16-4-15-24-20(18-10-11-18)14-9-17-7-12-19(13-8-17)29-23-26-21-5-2-3-6-22(21)30-23/h2-3,5-8,12-13,18,20,24-25H,4,9-11,14-16H2,1H3. The van der Waals surface area contributed by atoms with E-state index in [1.165, 1.54) is 24.7 Å². The van der Waals surface area contributed by atoms with Crippen LogP contribution in [0.4, 0.5) is 0 Å². The second-order valence-corrected chi connectivity index (χ2v) is 11.0.